The molecule has 1 amide bonds. The number of aromatic nitrogens is 3. The lowest BCUT2D eigenvalue weighted by Gasteiger charge is -2.38. The first-order valence-corrected chi connectivity index (χ1v) is 14.5. The Morgan fingerprint density at radius 3 is 2.57 bits per heavy atom. The van der Waals surface area contributed by atoms with Crippen molar-refractivity contribution in [2.24, 2.45) is 4.99 Å². The Kier molecular flexibility index (Phi) is 8.01. The Bertz CT molecular complexity index is 1610. The predicted octanol–water partition coefficient (Wildman–Crippen LogP) is 2.92. The Balaban J connectivity index is 1.29. The number of aliphatic imine (C=N–C) groups is 1. The second-order valence-corrected chi connectivity index (χ2v) is 12.3. The number of halogens is 2. The largest absolute Gasteiger partial charge is 0.443 e. The van der Waals surface area contributed by atoms with Crippen LogP contribution in [-0.4, -0.2) is 76.6 Å². The summed E-state index contributed by atoms with van der Waals surface area (Å²) >= 11 is 0. The number of hydrogen-bond acceptors (Lipinski definition) is 10. The first kappa shape index (κ1) is 29.2. The molecule has 0 saturated carbocycles. The van der Waals surface area contributed by atoms with Crippen LogP contribution in [0.15, 0.2) is 63.8 Å². The van der Waals surface area contributed by atoms with E-state index in [-0.39, 0.29) is 44.4 Å². The Morgan fingerprint density at radius 1 is 1.17 bits per heavy atom. The van der Waals surface area contributed by atoms with E-state index in [0.29, 0.717) is 22.6 Å². The molecule has 4 heterocycles. The van der Waals surface area contributed by atoms with Gasteiger partial charge in [0.05, 0.1) is 18.5 Å². The lowest BCUT2D eigenvalue weighted by atomic mass is 10.2. The van der Waals surface area contributed by atoms with Crippen LogP contribution in [0.3, 0.4) is 0 Å². The molecule has 13 nitrogen and oxygen atoms in total. The van der Waals surface area contributed by atoms with Crippen LogP contribution in [0, 0.1) is 5.82 Å². The van der Waals surface area contributed by atoms with Gasteiger partial charge in [0.25, 0.3) is 0 Å². The molecule has 1 fully saturated rings. The number of nitrogens with one attached hydrogen (secondary N) is 2. The fourth-order valence-corrected chi connectivity index (χ4v) is 5.51. The van der Waals surface area contributed by atoms with Gasteiger partial charge in [0.2, 0.25) is 0 Å². The Labute approximate surface area is 241 Å². The number of hydrogen-bond donors (Lipinski definition) is 2. The number of rotatable bonds is 7. The van der Waals surface area contributed by atoms with E-state index in [4.69, 9.17) is 9.26 Å². The molecule has 2 aliphatic heterocycles. The number of carbonyl (C=O) groups is 1. The van der Waals surface area contributed by atoms with Crippen molar-refractivity contribution in [1.29, 1.82) is 0 Å². The zero-order chi connectivity index (χ0) is 30.1. The van der Waals surface area contributed by atoms with Crippen molar-refractivity contribution < 1.29 is 31.3 Å². The normalized spacial score (nSPS) is 18.2. The van der Waals surface area contributed by atoms with Crippen molar-refractivity contribution in [3.8, 4) is 11.4 Å². The minimum atomic E-state index is -4.16. The molecule has 2 aromatic heterocycles. The lowest BCUT2D eigenvalue weighted by molar-refractivity contribution is 0.0565. The molecule has 224 valence electrons. The second-order valence-electron chi connectivity index (χ2n) is 10.6. The van der Waals surface area contributed by atoms with Gasteiger partial charge in [-0.25, -0.2) is 18.3 Å². The molecule has 3 aromatic rings. The Morgan fingerprint density at radius 2 is 1.90 bits per heavy atom. The molecule has 0 spiro atoms. The summed E-state index contributed by atoms with van der Waals surface area (Å²) in [6.07, 6.45) is 0.620. The molecule has 2 N–H and O–H groups in total. The fraction of sp³-hybridized carbons (Fsp3) is 0.385. The minimum Gasteiger partial charge on any atom is -0.443 e. The highest BCUT2D eigenvalue weighted by Crippen LogP contribution is 2.28. The average molecular weight is 605 g/mol. The molecule has 16 heteroatoms. The average Bonchev–Trinajstić information content (AvgIpc) is 3.59. The number of carbonyl (C=O) groups excluding carboxylic acids is 1. The summed E-state index contributed by atoms with van der Waals surface area (Å²) in [5.74, 6) is -0.889. The molecule has 1 unspecified atom stereocenters. The summed E-state index contributed by atoms with van der Waals surface area (Å²) in [6.45, 7) is 5.23. The summed E-state index contributed by atoms with van der Waals surface area (Å²) in [6, 6.07) is 9.69. The van der Waals surface area contributed by atoms with Crippen molar-refractivity contribution in [1.82, 2.24) is 34.2 Å². The molecule has 1 saturated heterocycles. The van der Waals surface area contributed by atoms with Gasteiger partial charge in [-0.3, -0.25) is 9.67 Å². The first-order chi connectivity index (χ1) is 19.9. The minimum absolute atomic E-state index is 0.00796. The van der Waals surface area contributed by atoms with Gasteiger partial charge in [-0.1, -0.05) is 23.4 Å². The molecule has 0 aliphatic carbocycles. The van der Waals surface area contributed by atoms with Gasteiger partial charge in [-0.2, -0.15) is 17.8 Å². The van der Waals surface area contributed by atoms with Gasteiger partial charge < -0.3 is 19.5 Å². The number of piperazine rings is 1. The monoisotopic (exact) mass is 604 g/mol. The number of amides is 1. The van der Waals surface area contributed by atoms with E-state index < -0.39 is 33.9 Å². The van der Waals surface area contributed by atoms with Gasteiger partial charge in [0, 0.05) is 37.8 Å². The molecule has 42 heavy (non-hydrogen) atoms. The third kappa shape index (κ3) is 6.60. The number of nitrogens with zero attached hydrogens (tertiary/aromatic N) is 6. The predicted molar refractivity (Wildman–Crippen MR) is 147 cm³/mol. The van der Waals surface area contributed by atoms with Crippen molar-refractivity contribution >= 4 is 22.5 Å². The molecular formula is C26H30F2N8O5S. The summed E-state index contributed by atoms with van der Waals surface area (Å²) < 4.78 is 69.3. The van der Waals surface area contributed by atoms with Crippen molar-refractivity contribution in [2.45, 2.75) is 39.1 Å². The maximum Gasteiger partial charge on any atom is 0.422 e. The smallest absolute Gasteiger partial charge is 0.422 e. The van der Waals surface area contributed by atoms with Gasteiger partial charge in [-0.05, 0) is 32.9 Å². The van der Waals surface area contributed by atoms with Gasteiger partial charge >= 0.3 is 16.3 Å². The highest BCUT2D eigenvalue weighted by atomic mass is 32.2. The van der Waals surface area contributed by atoms with Crippen LogP contribution in [-0.2, 0) is 21.5 Å². The van der Waals surface area contributed by atoms with E-state index in [1.54, 1.807) is 60.7 Å². The first-order valence-electron chi connectivity index (χ1n) is 13.1. The van der Waals surface area contributed by atoms with E-state index in [0.717, 1.165) is 10.5 Å². The van der Waals surface area contributed by atoms with Crippen molar-refractivity contribution in [2.75, 3.05) is 26.2 Å². The van der Waals surface area contributed by atoms with Gasteiger partial charge in [-0.15, -0.1) is 0 Å². The maximum absolute atomic E-state index is 15.0. The van der Waals surface area contributed by atoms with Crippen LogP contribution in [0.4, 0.5) is 13.6 Å². The lowest BCUT2D eigenvalue weighted by Crippen LogP contribution is -2.54. The molecular weight excluding hydrogens is 574 g/mol. The zero-order valence-corrected chi connectivity index (χ0v) is 23.9. The van der Waals surface area contributed by atoms with Crippen LogP contribution in [0.2, 0.25) is 0 Å². The van der Waals surface area contributed by atoms with Crippen LogP contribution in [0.25, 0.3) is 11.4 Å². The third-order valence-electron chi connectivity index (χ3n) is 6.40. The van der Waals surface area contributed by atoms with Crippen LogP contribution < -0.4 is 10.0 Å². The second kappa shape index (κ2) is 11.5. The summed E-state index contributed by atoms with van der Waals surface area (Å²) in [5.41, 5.74) is 0.998. The van der Waals surface area contributed by atoms with E-state index >= 15 is 0 Å². The molecule has 0 bridgehead atoms. The van der Waals surface area contributed by atoms with Crippen LogP contribution in [0.5, 0.6) is 0 Å². The molecule has 1 aromatic carbocycles. The molecule has 1 atom stereocenters. The molecule has 2 aliphatic rings. The summed E-state index contributed by atoms with van der Waals surface area (Å²) in [5, 5.41) is 11.6. The SMILES string of the molecule is CC(C)(C)OC(=O)NS(=O)(=O)N1CCN(C2=C(F)C=NC(c3cc(-c4ccon4)n(Cc4ccccc4F)n3)N2)CC1. The Hall–Kier alpha value is -4.31. The van der Waals surface area contributed by atoms with Crippen LogP contribution in [0.1, 0.15) is 38.2 Å². The maximum atomic E-state index is 15.0. The number of allylic oxidation sites excluding steroid dienone is 1. The third-order valence-corrected chi connectivity index (χ3v) is 7.87. The van der Waals surface area contributed by atoms with E-state index in [2.05, 4.69) is 20.6 Å². The van der Waals surface area contributed by atoms with E-state index in [1.807, 2.05) is 4.72 Å². The summed E-state index contributed by atoms with van der Waals surface area (Å²) in [4.78, 5) is 17.9. The van der Waals surface area contributed by atoms with E-state index in [9.17, 15) is 22.0 Å². The van der Waals surface area contributed by atoms with Gasteiger partial charge in [0.15, 0.2) is 12.0 Å². The number of ether oxygens (including phenoxy) is 1. The van der Waals surface area contributed by atoms with Crippen molar-refractivity contribution in [3.63, 3.8) is 0 Å². The summed E-state index contributed by atoms with van der Waals surface area (Å²) in [7, 11) is -4.16. The van der Waals surface area contributed by atoms with Crippen molar-refractivity contribution in [3.05, 3.63) is 71.4 Å². The van der Waals surface area contributed by atoms with Gasteiger partial charge in [0.1, 0.15) is 34.9 Å². The van der Waals surface area contributed by atoms with E-state index in [1.165, 1.54) is 12.3 Å². The molecule has 5 rings (SSSR count). The topological polar surface area (TPSA) is 147 Å². The highest BCUT2D eigenvalue weighted by Gasteiger charge is 2.33. The standard InChI is InChI=1S/C26H30F2N8O5S/c1-26(2,3)41-25(37)33-42(38,39)35-11-9-34(10-12-35)24-19(28)15-29-23(30-24)21-14-22(20-8-13-40-32-20)36(31-21)16-17-6-4-5-7-18(17)27/h4-8,13-15,23,30H,9-12,16H2,1-3H3,(H,33,37). The fourth-order valence-electron chi connectivity index (χ4n) is 4.48. The zero-order valence-electron chi connectivity index (χ0n) is 23.1. The quantitative estimate of drug-likeness (QED) is 0.416. The number of benzene rings is 1. The molecule has 0 radical (unpaired) electrons. The highest BCUT2D eigenvalue weighted by molar-refractivity contribution is 7.87. The van der Waals surface area contributed by atoms with Crippen LogP contribution >= 0.6 is 0 Å².